The molecule has 0 atom stereocenters. The number of rotatable bonds is 2. The molecule has 0 bridgehead atoms. The first-order chi connectivity index (χ1) is 10.9. The van der Waals surface area contributed by atoms with E-state index < -0.39 is 17.5 Å². The quantitative estimate of drug-likeness (QED) is 0.448. The van der Waals surface area contributed by atoms with E-state index in [1.54, 1.807) is 18.3 Å². The second kappa shape index (κ2) is 5.39. The number of pyridine rings is 1. The number of ketones is 1. The molecule has 1 heterocycles. The van der Waals surface area contributed by atoms with Crippen LogP contribution in [0, 0.1) is 0 Å². The Morgan fingerprint density at radius 3 is 2.35 bits per heavy atom. The van der Waals surface area contributed by atoms with Crippen LogP contribution >= 0.6 is 0 Å². The number of nitrogens with zero attached hydrogens (tertiary/aromatic N) is 1. The van der Waals surface area contributed by atoms with E-state index in [2.05, 4.69) is 0 Å². The first kappa shape index (κ1) is 15.0. The summed E-state index contributed by atoms with van der Waals surface area (Å²) >= 11 is 0. The van der Waals surface area contributed by atoms with Gasteiger partial charge in [0.15, 0.2) is 0 Å². The molecule has 2 N–H and O–H groups in total. The van der Waals surface area contributed by atoms with Gasteiger partial charge in [-0.2, -0.15) is 13.2 Å². The van der Waals surface area contributed by atoms with Crippen molar-refractivity contribution in [3.8, 4) is 0 Å². The van der Waals surface area contributed by atoms with Crippen LogP contribution < -0.4 is 10.5 Å². The lowest BCUT2D eigenvalue weighted by atomic mass is 10.0. The van der Waals surface area contributed by atoms with Crippen LogP contribution in [-0.4, -0.2) is 5.78 Å². The molecule has 1 aromatic heterocycles. The minimum absolute atomic E-state index is 0.0608. The topological polar surface area (TPSA) is 47.0 Å². The highest BCUT2D eigenvalue weighted by Gasteiger charge is 2.31. The SMILES string of the molecule is N[n+]1cc2ccccc2cc1C(=O)c1cccc(C(F)(F)F)c1. The predicted octanol–water partition coefficient (Wildman–Crippen LogP) is 3.09. The molecule has 0 amide bonds. The Hall–Kier alpha value is -2.89. The van der Waals surface area contributed by atoms with Crippen molar-refractivity contribution in [1.82, 2.24) is 0 Å². The Morgan fingerprint density at radius 2 is 1.65 bits per heavy atom. The lowest BCUT2D eigenvalue weighted by Gasteiger charge is -2.07. The van der Waals surface area contributed by atoms with Gasteiger partial charge in [-0.05, 0) is 23.6 Å². The van der Waals surface area contributed by atoms with E-state index in [0.29, 0.717) is 0 Å². The number of halogens is 3. The largest absolute Gasteiger partial charge is 0.416 e. The van der Waals surface area contributed by atoms with Gasteiger partial charge in [-0.3, -0.25) is 4.79 Å². The number of benzene rings is 2. The van der Waals surface area contributed by atoms with Crippen LogP contribution in [0.2, 0.25) is 0 Å². The molecule has 0 radical (unpaired) electrons. The molecule has 2 aromatic carbocycles. The van der Waals surface area contributed by atoms with Gasteiger partial charge in [0.2, 0.25) is 6.20 Å². The van der Waals surface area contributed by atoms with Crippen LogP contribution in [0.5, 0.6) is 0 Å². The third-order valence-electron chi connectivity index (χ3n) is 3.53. The number of alkyl halides is 3. The highest BCUT2D eigenvalue weighted by Crippen LogP contribution is 2.30. The monoisotopic (exact) mass is 317 g/mol. The molecule has 3 aromatic rings. The van der Waals surface area contributed by atoms with Crippen LogP contribution in [0.4, 0.5) is 13.2 Å². The van der Waals surface area contributed by atoms with Gasteiger partial charge < -0.3 is 0 Å². The number of nitrogens with two attached hydrogens (primary N) is 1. The Bertz CT molecular complexity index is 904. The summed E-state index contributed by atoms with van der Waals surface area (Å²) in [5, 5.41) is 1.61. The molecule has 3 rings (SSSR count). The molecule has 0 fully saturated rings. The fraction of sp³-hybridized carbons (Fsp3) is 0.0588. The van der Waals surface area contributed by atoms with Gasteiger partial charge >= 0.3 is 6.18 Å². The highest BCUT2D eigenvalue weighted by molar-refractivity contribution is 6.08. The molecule has 0 saturated heterocycles. The summed E-state index contributed by atoms with van der Waals surface area (Å²) in [6, 6.07) is 13.1. The second-order valence-electron chi connectivity index (χ2n) is 5.10. The van der Waals surface area contributed by atoms with E-state index in [1.807, 2.05) is 18.2 Å². The Balaban J connectivity index is 2.09. The van der Waals surface area contributed by atoms with Gasteiger partial charge in [0.1, 0.15) is 0 Å². The molecule has 23 heavy (non-hydrogen) atoms. The predicted molar refractivity (Wildman–Crippen MR) is 79.2 cm³/mol. The van der Waals surface area contributed by atoms with Gasteiger partial charge in [0.05, 0.1) is 5.56 Å². The maximum atomic E-state index is 12.8. The first-order valence-electron chi connectivity index (χ1n) is 6.78. The van der Waals surface area contributed by atoms with E-state index in [0.717, 1.165) is 27.6 Å². The molecule has 116 valence electrons. The minimum atomic E-state index is -4.50. The normalized spacial score (nSPS) is 11.6. The zero-order valence-corrected chi connectivity index (χ0v) is 11.8. The Labute approximate surface area is 129 Å². The van der Waals surface area contributed by atoms with Crippen LogP contribution in [0.1, 0.15) is 21.6 Å². The van der Waals surface area contributed by atoms with Crippen molar-refractivity contribution in [2.75, 3.05) is 5.84 Å². The molecule has 3 nitrogen and oxygen atoms in total. The number of carbonyl (C=O) groups is 1. The van der Waals surface area contributed by atoms with Crippen molar-refractivity contribution in [3.05, 3.63) is 77.6 Å². The fourth-order valence-corrected chi connectivity index (χ4v) is 2.37. The molecular formula is C17H12F3N2O+. The van der Waals surface area contributed by atoms with Gasteiger partial charge in [0.25, 0.3) is 11.5 Å². The summed E-state index contributed by atoms with van der Waals surface area (Å²) in [5.41, 5.74) is -0.815. The number of aromatic nitrogens is 1. The highest BCUT2D eigenvalue weighted by atomic mass is 19.4. The zero-order chi connectivity index (χ0) is 16.6. The van der Waals surface area contributed by atoms with Crippen LogP contribution in [-0.2, 0) is 6.18 Å². The molecule has 0 unspecified atom stereocenters. The molecule has 0 spiro atoms. The molecule has 0 saturated carbocycles. The van der Waals surface area contributed by atoms with Gasteiger partial charge in [-0.1, -0.05) is 35.0 Å². The lowest BCUT2D eigenvalue weighted by Crippen LogP contribution is -2.49. The second-order valence-corrected chi connectivity index (χ2v) is 5.10. The van der Waals surface area contributed by atoms with Crippen molar-refractivity contribution in [2.24, 2.45) is 0 Å². The van der Waals surface area contributed by atoms with E-state index in [1.165, 1.54) is 12.1 Å². The summed E-state index contributed by atoms with van der Waals surface area (Å²) in [7, 11) is 0. The van der Waals surface area contributed by atoms with Gasteiger partial charge in [0, 0.05) is 17.0 Å². The van der Waals surface area contributed by atoms with Crippen LogP contribution in [0.15, 0.2) is 60.8 Å². The lowest BCUT2D eigenvalue weighted by molar-refractivity contribution is -0.639. The number of hydrogen-bond acceptors (Lipinski definition) is 2. The standard InChI is InChI=1S/C17H11F3N2O/c18-17(19,20)14-7-3-6-12(8-14)16(23)15-9-11-4-1-2-5-13(11)10-22(15)21/h1-10H,(H-,21,23)/p+1. The average Bonchev–Trinajstić information content (AvgIpc) is 2.53. The summed E-state index contributed by atoms with van der Waals surface area (Å²) in [6.07, 6.45) is -2.94. The maximum absolute atomic E-state index is 12.8. The van der Waals surface area contributed by atoms with Crippen molar-refractivity contribution >= 4 is 16.6 Å². The van der Waals surface area contributed by atoms with E-state index in [9.17, 15) is 18.0 Å². The van der Waals surface area contributed by atoms with Crippen LogP contribution in [0.25, 0.3) is 10.8 Å². The van der Waals surface area contributed by atoms with Crippen molar-refractivity contribution in [1.29, 1.82) is 0 Å². The summed E-state index contributed by atoms with van der Waals surface area (Å²) in [6.45, 7) is 0. The van der Waals surface area contributed by atoms with Crippen LogP contribution in [0.3, 0.4) is 0 Å². The van der Waals surface area contributed by atoms with E-state index in [-0.39, 0.29) is 11.3 Å². The summed E-state index contributed by atoms with van der Waals surface area (Å²) < 4.78 is 39.5. The number of fused-ring (bicyclic) bond motifs is 1. The third-order valence-corrected chi connectivity index (χ3v) is 3.53. The minimum Gasteiger partial charge on any atom is -0.282 e. The molecule has 0 aliphatic carbocycles. The summed E-state index contributed by atoms with van der Waals surface area (Å²) in [4.78, 5) is 12.5. The van der Waals surface area contributed by atoms with Crippen molar-refractivity contribution < 1.29 is 22.6 Å². The smallest absolute Gasteiger partial charge is 0.282 e. The Morgan fingerprint density at radius 1 is 0.957 bits per heavy atom. The van der Waals surface area contributed by atoms with E-state index in [4.69, 9.17) is 5.84 Å². The molecule has 0 aliphatic heterocycles. The fourth-order valence-electron chi connectivity index (χ4n) is 2.37. The number of carbonyl (C=O) groups excluding carboxylic acids is 1. The average molecular weight is 317 g/mol. The number of hydrogen-bond donors (Lipinski definition) is 1. The molecule has 6 heteroatoms. The zero-order valence-electron chi connectivity index (χ0n) is 11.8. The van der Waals surface area contributed by atoms with Crippen molar-refractivity contribution in [2.45, 2.75) is 6.18 Å². The maximum Gasteiger partial charge on any atom is 0.416 e. The third kappa shape index (κ3) is 2.88. The van der Waals surface area contributed by atoms with Crippen molar-refractivity contribution in [3.63, 3.8) is 0 Å². The molecule has 0 aliphatic rings. The Kier molecular flexibility index (Phi) is 3.52. The number of nitrogen functional groups attached to an aromatic ring is 1. The van der Waals surface area contributed by atoms with Gasteiger partial charge in [-0.25, -0.2) is 5.84 Å². The van der Waals surface area contributed by atoms with E-state index >= 15 is 0 Å². The first-order valence-corrected chi connectivity index (χ1v) is 6.78. The summed E-state index contributed by atoms with van der Waals surface area (Å²) in [5.74, 6) is 5.26. The van der Waals surface area contributed by atoms with Gasteiger partial charge in [-0.15, -0.1) is 0 Å². The molecular weight excluding hydrogens is 305 g/mol.